The van der Waals surface area contributed by atoms with Gasteiger partial charge in [0.15, 0.2) is 0 Å². The van der Waals surface area contributed by atoms with E-state index in [1.807, 2.05) is 0 Å². The van der Waals surface area contributed by atoms with Crippen LogP contribution >= 0.6 is 0 Å². The highest BCUT2D eigenvalue weighted by atomic mass is 19.1. The quantitative estimate of drug-likeness (QED) is 0.922. The zero-order chi connectivity index (χ0) is 14.0. The maximum Gasteiger partial charge on any atom is 0.133 e. The van der Waals surface area contributed by atoms with Crippen molar-refractivity contribution in [2.75, 3.05) is 7.11 Å². The third kappa shape index (κ3) is 2.31. The van der Waals surface area contributed by atoms with Crippen LogP contribution in [0.5, 0.6) is 5.75 Å². The normalized spacial score (nSPS) is 13.9. The van der Waals surface area contributed by atoms with Crippen LogP contribution in [0.15, 0.2) is 42.5 Å². The minimum absolute atomic E-state index is 0.00148. The Morgan fingerprint density at radius 1 is 1.00 bits per heavy atom. The van der Waals surface area contributed by atoms with Crippen molar-refractivity contribution < 1.29 is 18.6 Å². The summed E-state index contributed by atoms with van der Waals surface area (Å²) in [6, 6.07) is 9.92. The van der Waals surface area contributed by atoms with Gasteiger partial charge in [0.05, 0.1) is 12.7 Å². The highest BCUT2D eigenvalue weighted by Gasteiger charge is 2.34. The van der Waals surface area contributed by atoms with Crippen LogP contribution in [0.3, 0.4) is 0 Å². The molecule has 4 heteroatoms. The van der Waals surface area contributed by atoms with Crippen LogP contribution < -0.4 is 4.74 Å². The molecule has 0 aliphatic heterocycles. The molecule has 1 unspecified atom stereocenters. The topological polar surface area (TPSA) is 29.5 Å². The number of methoxy groups -OCH3 is 1. The fraction of sp³-hybridized carbons (Fsp3) is 0.200. The van der Waals surface area contributed by atoms with Crippen LogP contribution in [-0.4, -0.2) is 12.2 Å². The van der Waals surface area contributed by atoms with Crippen LogP contribution in [0.2, 0.25) is 0 Å². The van der Waals surface area contributed by atoms with Gasteiger partial charge >= 0.3 is 0 Å². The summed E-state index contributed by atoms with van der Waals surface area (Å²) < 4.78 is 32.9. The predicted octanol–water partition coefficient (Wildman–Crippen LogP) is 3.23. The van der Waals surface area contributed by atoms with E-state index in [1.165, 1.54) is 50.4 Å². The summed E-state index contributed by atoms with van der Waals surface area (Å²) in [6.45, 7) is 1.34. The predicted molar refractivity (Wildman–Crippen MR) is 68.0 cm³/mol. The van der Waals surface area contributed by atoms with Crippen molar-refractivity contribution in [3.63, 3.8) is 0 Å². The van der Waals surface area contributed by atoms with Gasteiger partial charge in [0, 0.05) is 5.56 Å². The Hall–Kier alpha value is -1.94. The molecule has 0 aliphatic carbocycles. The van der Waals surface area contributed by atoms with Gasteiger partial charge < -0.3 is 9.84 Å². The highest BCUT2D eigenvalue weighted by Crippen LogP contribution is 2.37. The van der Waals surface area contributed by atoms with Gasteiger partial charge in [0.1, 0.15) is 23.0 Å². The smallest absolute Gasteiger partial charge is 0.133 e. The molecule has 0 saturated heterocycles. The first kappa shape index (κ1) is 13.5. The first-order chi connectivity index (χ1) is 8.98. The Morgan fingerprint density at radius 2 is 1.63 bits per heavy atom. The second-order valence-corrected chi connectivity index (χ2v) is 4.37. The van der Waals surface area contributed by atoms with Gasteiger partial charge in [-0.2, -0.15) is 0 Å². The molecule has 1 N–H and O–H groups in total. The van der Waals surface area contributed by atoms with E-state index in [1.54, 1.807) is 6.07 Å². The second kappa shape index (κ2) is 4.97. The number of halogens is 2. The summed E-state index contributed by atoms with van der Waals surface area (Å²) in [6.07, 6.45) is 0. The largest absolute Gasteiger partial charge is 0.496 e. The Kier molecular flexibility index (Phi) is 3.53. The molecule has 0 heterocycles. The molecular weight excluding hydrogens is 250 g/mol. The van der Waals surface area contributed by atoms with Crippen molar-refractivity contribution in [2.45, 2.75) is 12.5 Å². The lowest BCUT2D eigenvalue weighted by atomic mass is 9.87. The van der Waals surface area contributed by atoms with Gasteiger partial charge in [-0.25, -0.2) is 8.78 Å². The number of ether oxygens (including phenoxy) is 1. The number of hydrogen-bond donors (Lipinski definition) is 1. The van der Waals surface area contributed by atoms with Crippen molar-refractivity contribution >= 4 is 0 Å². The van der Waals surface area contributed by atoms with Crippen LogP contribution in [0.25, 0.3) is 0 Å². The summed E-state index contributed by atoms with van der Waals surface area (Å²) in [5.74, 6) is -1.07. The van der Waals surface area contributed by atoms with E-state index in [2.05, 4.69) is 0 Å². The zero-order valence-corrected chi connectivity index (χ0v) is 10.7. The van der Waals surface area contributed by atoms with Crippen molar-refractivity contribution in [3.8, 4) is 5.75 Å². The van der Waals surface area contributed by atoms with Gasteiger partial charge in [-0.3, -0.25) is 0 Å². The van der Waals surface area contributed by atoms with E-state index < -0.39 is 17.2 Å². The Morgan fingerprint density at radius 3 is 2.26 bits per heavy atom. The average molecular weight is 264 g/mol. The minimum Gasteiger partial charge on any atom is -0.496 e. The van der Waals surface area contributed by atoms with Crippen molar-refractivity contribution in [3.05, 3.63) is 65.2 Å². The average Bonchev–Trinajstić information content (AvgIpc) is 2.38. The molecule has 2 aromatic rings. The lowest BCUT2D eigenvalue weighted by Gasteiger charge is -2.27. The molecule has 0 bridgehead atoms. The number of hydrogen-bond acceptors (Lipinski definition) is 2. The molecule has 2 aromatic carbocycles. The van der Waals surface area contributed by atoms with Crippen LogP contribution in [0, 0.1) is 11.6 Å². The number of rotatable bonds is 3. The molecule has 2 rings (SSSR count). The molecular formula is C15H14F2O2. The maximum absolute atomic E-state index is 14.0. The van der Waals surface area contributed by atoms with Crippen molar-refractivity contribution in [1.29, 1.82) is 0 Å². The first-order valence-corrected chi connectivity index (χ1v) is 5.79. The summed E-state index contributed by atoms with van der Waals surface area (Å²) in [7, 11) is 1.37. The van der Waals surface area contributed by atoms with Crippen LogP contribution in [-0.2, 0) is 5.60 Å². The minimum atomic E-state index is -1.82. The molecule has 100 valence electrons. The molecule has 2 nitrogen and oxygen atoms in total. The molecule has 0 fully saturated rings. The Labute approximate surface area is 110 Å². The molecule has 0 saturated carbocycles. The molecule has 0 aromatic heterocycles. The Balaban J connectivity index is 2.66. The van der Waals surface area contributed by atoms with Gasteiger partial charge in [-0.15, -0.1) is 0 Å². The van der Waals surface area contributed by atoms with Crippen molar-refractivity contribution in [2.24, 2.45) is 0 Å². The van der Waals surface area contributed by atoms with Crippen LogP contribution in [0.1, 0.15) is 18.1 Å². The molecule has 0 spiro atoms. The van der Waals surface area contributed by atoms with Gasteiger partial charge in [0.2, 0.25) is 0 Å². The molecule has 0 amide bonds. The fourth-order valence-corrected chi connectivity index (χ4v) is 2.14. The third-order valence-corrected chi connectivity index (χ3v) is 3.08. The summed E-state index contributed by atoms with van der Waals surface area (Å²) in [4.78, 5) is 0. The molecule has 19 heavy (non-hydrogen) atoms. The van der Waals surface area contributed by atoms with E-state index in [0.29, 0.717) is 0 Å². The fourth-order valence-electron chi connectivity index (χ4n) is 2.14. The van der Waals surface area contributed by atoms with Gasteiger partial charge in [-0.1, -0.05) is 24.3 Å². The van der Waals surface area contributed by atoms with E-state index in [0.717, 1.165) is 0 Å². The van der Waals surface area contributed by atoms with E-state index >= 15 is 0 Å². The van der Waals surface area contributed by atoms with E-state index in [-0.39, 0.29) is 16.9 Å². The monoisotopic (exact) mass is 264 g/mol. The SMILES string of the molecule is COc1cccc(F)c1C(C)(O)c1ccccc1F. The van der Waals surface area contributed by atoms with Gasteiger partial charge in [-0.05, 0) is 25.1 Å². The molecule has 0 radical (unpaired) electrons. The first-order valence-electron chi connectivity index (χ1n) is 5.79. The number of aliphatic hydroxyl groups is 1. The van der Waals surface area contributed by atoms with Gasteiger partial charge in [0.25, 0.3) is 0 Å². The Bertz CT molecular complexity index is 594. The molecule has 1 atom stereocenters. The summed E-state index contributed by atoms with van der Waals surface area (Å²) in [5.41, 5.74) is -1.90. The van der Waals surface area contributed by atoms with Crippen molar-refractivity contribution in [1.82, 2.24) is 0 Å². The van der Waals surface area contributed by atoms with E-state index in [4.69, 9.17) is 4.74 Å². The summed E-state index contributed by atoms with van der Waals surface area (Å²) >= 11 is 0. The lowest BCUT2D eigenvalue weighted by molar-refractivity contribution is 0.0904. The maximum atomic E-state index is 14.0. The highest BCUT2D eigenvalue weighted by molar-refractivity contribution is 5.45. The summed E-state index contributed by atoms with van der Waals surface area (Å²) in [5, 5.41) is 10.6. The van der Waals surface area contributed by atoms with Crippen LogP contribution in [0.4, 0.5) is 8.78 Å². The standard InChI is InChI=1S/C15H14F2O2/c1-15(18,10-6-3-4-7-11(10)16)14-12(17)8-5-9-13(14)19-2/h3-9,18H,1-2H3. The molecule has 0 aliphatic rings. The van der Waals surface area contributed by atoms with E-state index in [9.17, 15) is 13.9 Å². The number of benzene rings is 2. The lowest BCUT2D eigenvalue weighted by Crippen LogP contribution is -2.26. The zero-order valence-electron chi connectivity index (χ0n) is 10.7. The second-order valence-electron chi connectivity index (χ2n) is 4.37. The third-order valence-electron chi connectivity index (χ3n) is 3.08.